The second-order valence-corrected chi connectivity index (χ2v) is 7.41. The number of nitrogens with zero attached hydrogens (tertiary/aromatic N) is 3. The van der Waals surface area contributed by atoms with Crippen molar-refractivity contribution in [3.8, 4) is 0 Å². The highest BCUT2D eigenvalue weighted by Gasteiger charge is 2.25. The van der Waals surface area contributed by atoms with E-state index in [0.29, 0.717) is 15.6 Å². The quantitative estimate of drug-likeness (QED) is 0.579. The molecule has 0 amide bonds. The SMILES string of the molecule is O=C1OC(c2ccc(F)cc2)=NC1=Cc1sc(N2CCCCC2)nc1Cl. The molecule has 0 N–H and O–H groups in total. The molecule has 8 heteroatoms. The first-order valence-electron chi connectivity index (χ1n) is 8.30. The lowest BCUT2D eigenvalue weighted by Crippen LogP contribution is -2.29. The number of rotatable bonds is 3. The van der Waals surface area contributed by atoms with Gasteiger partial charge >= 0.3 is 5.97 Å². The third-order valence-corrected chi connectivity index (χ3v) is 5.67. The Labute approximate surface area is 158 Å². The Balaban J connectivity index is 1.60. The molecule has 0 spiro atoms. The van der Waals surface area contributed by atoms with Gasteiger partial charge in [-0.05, 0) is 49.6 Å². The van der Waals surface area contributed by atoms with Crippen LogP contribution in [-0.4, -0.2) is 29.9 Å². The molecule has 2 aromatic rings. The maximum absolute atomic E-state index is 13.0. The second kappa shape index (κ2) is 7.17. The van der Waals surface area contributed by atoms with E-state index in [1.54, 1.807) is 6.08 Å². The van der Waals surface area contributed by atoms with Crippen molar-refractivity contribution in [3.63, 3.8) is 0 Å². The summed E-state index contributed by atoms with van der Waals surface area (Å²) < 4.78 is 18.2. The average Bonchev–Trinajstić information content (AvgIpc) is 3.20. The summed E-state index contributed by atoms with van der Waals surface area (Å²) in [6.07, 6.45) is 5.11. The second-order valence-electron chi connectivity index (χ2n) is 6.04. The van der Waals surface area contributed by atoms with E-state index in [2.05, 4.69) is 14.9 Å². The van der Waals surface area contributed by atoms with Crippen LogP contribution in [0.2, 0.25) is 5.15 Å². The molecule has 0 radical (unpaired) electrons. The van der Waals surface area contributed by atoms with Crippen LogP contribution in [-0.2, 0) is 9.53 Å². The van der Waals surface area contributed by atoms with Crippen molar-refractivity contribution in [2.45, 2.75) is 19.3 Å². The number of ether oxygens (including phenoxy) is 1. The van der Waals surface area contributed by atoms with E-state index in [4.69, 9.17) is 16.3 Å². The molecular formula is C18H15ClFN3O2S. The van der Waals surface area contributed by atoms with Crippen molar-refractivity contribution in [2.24, 2.45) is 4.99 Å². The fraction of sp³-hybridized carbons (Fsp3) is 0.278. The molecule has 0 saturated carbocycles. The van der Waals surface area contributed by atoms with Crippen molar-refractivity contribution < 1.29 is 13.9 Å². The van der Waals surface area contributed by atoms with Crippen LogP contribution in [0.1, 0.15) is 29.7 Å². The number of carbonyl (C=O) groups excluding carboxylic acids is 1. The summed E-state index contributed by atoms with van der Waals surface area (Å²) in [6.45, 7) is 1.93. The first-order valence-corrected chi connectivity index (χ1v) is 9.49. The van der Waals surface area contributed by atoms with Gasteiger partial charge in [-0.15, -0.1) is 0 Å². The van der Waals surface area contributed by atoms with Crippen LogP contribution in [0.25, 0.3) is 6.08 Å². The molecule has 26 heavy (non-hydrogen) atoms. The van der Waals surface area contributed by atoms with Crippen molar-refractivity contribution in [2.75, 3.05) is 18.0 Å². The van der Waals surface area contributed by atoms with Gasteiger partial charge in [-0.3, -0.25) is 0 Å². The number of hydrogen-bond donors (Lipinski definition) is 0. The minimum Gasteiger partial charge on any atom is -0.402 e. The molecule has 2 aliphatic heterocycles. The largest absolute Gasteiger partial charge is 0.402 e. The smallest absolute Gasteiger partial charge is 0.363 e. The highest BCUT2D eigenvalue weighted by molar-refractivity contribution is 7.17. The Morgan fingerprint density at radius 1 is 1.19 bits per heavy atom. The van der Waals surface area contributed by atoms with Gasteiger partial charge in [0.2, 0.25) is 5.90 Å². The van der Waals surface area contributed by atoms with Gasteiger partial charge in [0.25, 0.3) is 0 Å². The van der Waals surface area contributed by atoms with E-state index in [9.17, 15) is 9.18 Å². The highest BCUT2D eigenvalue weighted by Crippen LogP contribution is 2.33. The molecule has 1 aromatic heterocycles. The van der Waals surface area contributed by atoms with Gasteiger partial charge in [-0.2, -0.15) is 0 Å². The number of cyclic esters (lactones) is 1. The molecule has 3 heterocycles. The summed E-state index contributed by atoms with van der Waals surface area (Å²) >= 11 is 7.68. The number of halogens is 2. The summed E-state index contributed by atoms with van der Waals surface area (Å²) in [5.74, 6) is -0.775. The van der Waals surface area contributed by atoms with E-state index in [1.807, 2.05) is 0 Å². The zero-order valence-electron chi connectivity index (χ0n) is 13.7. The van der Waals surface area contributed by atoms with Gasteiger partial charge in [-0.25, -0.2) is 19.2 Å². The number of carbonyl (C=O) groups is 1. The van der Waals surface area contributed by atoms with Crippen LogP contribution in [0.5, 0.6) is 0 Å². The summed E-state index contributed by atoms with van der Waals surface area (Å²) in [7, 11) is 0. The van der Waals surface area contributed by atoms with Crippen LogP contribution in [0, 0.1) is 5.82 Å². The molecule has 1 fully saturated rings. The molecule has 0 aliphatic carbocycles. The Morgan fingerprint density at radius 3 is 2.65 bits per heavy atom. The number of thiazole rings is 1. The Kier molecular flexibility index (Phi) is 4.74. The fourth-order valence-electron chi connectivity index (χ4n) is 2.86. The van der Waals surface area contributed by atoms with Crippen LogP contribution < -0.4 is 4.90 Å². The summed E-state index contributed by atoms with van der Waals surface area (Å²) in [5.41, 5.74) is 0.688. The Hall–Kier alpha value is -2.25. The lowest BCUT2D eigenvalue weighted by atomic mass is 10.1. The van der Waals surface area contributed by atoms with Gasteiger partial charge in [-0.1, -0.05) is 22.9 Å². The predicted molar refractivity (Wildman–Crippen MR) is 100 cm³/mol. The molecular weight excluding hydrogens is 377 g/mol. The van der Waals surface area contributed by atoms with Gasteiger partial charge in [0.15, 0.2) is 10.8 Å². The van der Waals surface area contributed by atoms with Crippen LogP contribution in [0.4, 0.5) is 9.52 Å². The van der Waals surface area contributed by atoms with E-state index < -0.39 is 5.97 Å². The van der Waals surface area contributed by atoms with Gasteiger partial charge in [0.1, 0.15) is 11.0 Å². The first-order chi connectivity index (χ1) is 12.6. The normalized spacial score (nSPS) is 19.0. The zero-order chi connectivity index (χ0) is 18.1. The third kappa shape index (κ3) is 3.50. The molecule has 4 rings (SSSR count). The number of aliphatic imine (C=N–C) groups is 1. The number of anilines is 1. The molecule has 0 bridgehead atoms. The highest BCUT2D eigenvalue weighted by atomic mass is 35.5. The first kappa shape index (κ1) is 17.2. The zero-order valence-corrected chi connectivity index (χ0v) is 15.3. The maximum atomic E-state index is 13.0. The number of esters is 1. The van der Waals surface area contributed by atoms with Crippen molar-refractivity contribution in [1.82, 2.24) is 4.98 Å². The third-order valence-electron chi connectivity index (χ3n) is 4.20. The van der Waals surface area contributed by atoms with E-state index in [1.165, 1.54) is 42.0 Å². The minimum atomic E-state index is -0.562. The molecule has 1 saturated heterocycles. The van der Waals surface area contributed by atoms with Crippen molar-refractivity contribution in [3.05, 3.63) is 51.4 Å². The van der Waals surface area contributed by atoms with Crippen LogP contribution in [0.3, 0.4) is 0 Å². The van der Waals surface area contributed by atoms with E-state index in [-0.39, 0.29) is 17.4 Å². The van der Waals surface area contributed by atoms with Crippen LogP contribution in [0.15, 0.2) is 35.0 Å². The molecule has 0 atom stereocenters. The number of hydrogen-bond acceptors (Lipinski definition) is 6. The van der Waals surface area contributed by atoms with Gasteiger partial charge in [0, 0.05) is 18.7 Å². The molecule has 1 aromatic carbocycles. The Morgan fingerprint density at radius 2 is 1.92 bits per heavy atom. The van der Waals surface area contributed by atoms with Crippen LogP contribution >= 0.6 is 22.9 Å². The van der Waals surface area contributed by atoms with Crippen molar-refractivity contribution >= 4 is 46.0 Å². The summed E-state index contributed by atoms with van der Waals surface area (Å²) in [6, 6.07) is 5.60. The fourth-order valence-corrected chi connectivity index (χ4v) is 4.11. The topological polar surface area (TPSA) is 54.8 Å². The van der Waals surface area contributed by atoms with E-state index in [0.717, 1.165) is 31.1 Å². The number of aromatic nitrogens is 1. The molecule has 2 aliphatic rings. The monoisotopic (exact) mass is 391 g/mol. The van der Waals surface area contributed by atoms with Gasteiger partial charge < -0.3 is 9.64 Å². The molecule has 0 unspecified atom stereocenters. The minimum absolute atomic E-state index is 0.151. The standard InChI is InChI=1S/C18H15ClFN3O2S/c19-15-14(26-18(22-15)23-8-2-1-3-9-23)10-13-17(24)25-16(21-13)11-4-6-12(20)7-5-11/h4-7,10H,1-3,8-9H2. The molecule has 5 nitrogen and oxygen atoms in total. The predicted octanol–water partition coefficient (Wildman–Crippen LogP) is 4.27. The van der Waals surface area contributed by atoms with E-state index >= 15 is 0 Å². The Bertz CT molecular complexity index is 902. The average molecular weight is 392 g/mol. The summed E-state index contributed by atoms with van der Waals surface area (Å²) in [4.78, 5) is 23.6. The number of piperidine rings is 1. The summed E-state index contributed by atoms with van der Waals surface area (Å²) in [5, 5.41) is 1.21. The van der Waals surface area contributed by atoms with Gasteiger partial charge in [0.05, 0.1) is 4.88 Å². The van der Waals surface area contributed by atoms with Crippen molar-refractivity contribution in [1.29, 1.82) is 0 Å². The molecule has 134 valence electrons. The lowest BCUT2D eigenvalue weighted by molar-refractivity contribution is -0.129. The lowest BCUT2D eigenvalue weighted by Gasteiger charge is -2.25. The maximum Gasteiger partial charge on any atom is 0.363 e. The number of benzene rings is 1.